The molecule has 0 spiro atoms. The smallest absolute Gasteiger partial charge is 0.281 e. The number of nitrogens with zero attached hydrogens (tertiary/aromatic N) is 1. The standard InChI is InChI=1S/C12H17BrN2O/c13-10-11(8-6-7-8)14-15(12(10)16)9-4-2-1-3-5-9/h8-9,14H,1-7H2. The number of H-pyrrole nitrogens is 1. The third-order valence-electron chi connectivity index (χ3n) is 3.81. The van der Waals surface area contributed by atoms with Crippen LogP contribution in [0.2, 0.25) is 0 Å². The maximum absolute atomic E-state index is 12.1. The first kappa shape index (κ1) is 10.6. The van der Waals surface area contributed by atoms with Gasteiger partial charge < -0.3 is 0 Å². The molecule has 2 fully saturated rings. The molecule has 0 aliphatic heterocycles. The van der Waals surface area contributed by atoms with Gasteiger partial charge in [0.1, 0.15) is 4.47 Å². The first-order valence-electron chi connectivity index (χ1n) is 6.27. The molecular weight excluding hydrogens is 268 g/mol. The minimum Gasteiger partial charge on any atom is -0.298 e. The van der Waals surface area contributed by atoms with Crippen LogP contribution in [0.15, 0.2) is 9.27 Å². The second-order valence-electron chi connectivity index (χ2n) is 5.08. The summed E-state index contributed by atoms with van der Waals surface area (Å²) in [4.78, 5) is 12.1. The summed E-state index contributed by atoms with van der Waals surface area (Å²) in [5, 5.41) is 3.34. The lowest BCUT2D eigenvalue weighted by Gasteiger charge is -2.21. The average molecular weight is 285 g/mol. The highest BCUT2D eigenvalue weighted by molar-refractivity contribution is 9.10. The van der Waals surface area contributed by atoms with E-state index in [1.807, 2.05) is 4.68 Å². The molecule has 4 heteroatoms. The molecule has 0 saturated heterocycles. The molecule has 0 aromatic carbocycles. The second-order valence-corrected chi connectivity index (χ2v) is 5.87. The Kier molecular flexibility index (Phi) is 2.70. The van der Waals surface area contributed by atoms with Gasteiger partial charge in [0.05, 0.1) is 11.7 Å². The number of nitrogens with one attached hydrogen (secondary N) is 1. The predicted octanol–water partition coefficient (Wildman–Crippen LogP) is 3.32. The molecule has 0 unspecified atom stereocenters. The summed E-state index contributed by atoms with van der Waals surface area (Å²) in [6.45, 7) is 0. The topological polar surface area (TPSA) is 37.8 Å². The maximum Gasteiger partial charge on any atom is 0.281 e. The van der Waals surface area contributed by atoms with Crippen molar-refractivity contribution in [1.29, 1.82) is 0 Å². The Hall–Kier alpha value is -0.510. The summed E-state index contributed by atoms with van der Waals surface area (Å²) in [5.74, 6) is 0.604. The molecule has 16 heavy (non-hydrogen) atoms. The van der Waals surface area contributed by atoms with E-state index in [4.69, 9.17) is 0 Å². The number of hydrogen-bond acceptors (Lipinski definition) is 1. The summed E-state index contributed by atoms with van der Waals surface area (Å²) in [5.41, 5.74) is 1.28. The van der Waals surface area contributed by atoms with Gasteiger partial charge >= 0.3 is 0 Å². The molecule has 88 valence electrons. The predicted molar refractivity (Wildman–Crippen MR) is 66.8 cm³/mol. The van der Waals surface area contributed by atoms with E-state index in [1.54, 1.807) is 0 Å². The van der Waals surface area contributed by atoms with E-state index < -0.39 is 0 Å². The fourth-order valence-electron chi connectivity index (χ4n) is 2.69. The first-order valence-corrected chi connectivity index (χ1v) is 7.06. The number of rotatable bonds is 2. The van der Waals surface area contributed by atoms with Crippen molar-refractivity contribution in [1.82, 2.24) is 9.78 Å². The van der Waals surface area contributed by atoms with Gasteiger partial charge in [0.2, 0.25) is 0 Å². The van der Waals surface area contributed by atoms with Crippen LogP contribution in [0.5, 0.6) is 0 Å². The maximum atomic E-state index is 12.1. The largest absolute Gasteiger partial charge is 0.298 e. The molecule has 3 rings (SSSR count). The SMILES string of the molecule is O=c1c(Br)c(C2CC2)[nH]n1C1CCCCC1. The first-order chi connectivity index (χ1) is 7.77. The summed E-state index contributed by atoms with van der Waals surface area (Å²) < 4.78 is 2.65. The highest BCUT2D eigenvalue weighted by atomic mass is 79.9. The zero-order valence-electron chi connectivity index (χ0n) is 9.34. The lowest BCUT2D eigenvalue weighted by molar-refractivity contribution is 0.322. The van der Waals surface area contributed by atoms with Crippen LogP contribution >= 0.6 is 15.9 Å². The van der Waals surface area contributed by atoms with Gasteiger partial charge in [0.25, 0.3) is 5.56 Å². The lowest BCUT2D eigenvalue weighted by atomic mass is 9.96. The molecule has 1 N–H and O–H groups in total. The third-order valence-corrected chi connectivity index (χ3v) is 4.58. The van der Waals surface area contributed by atoms with Gasteiger partial charge in [0.15, 0.2) is 0 Å². The fourth-order valence-corrected chi connectivity index (χ4v) is 3.29. The van der Waals surface area contributed by atoms with Crippen molar-refractivity contribution < 1.29 is 0 Å². The van der Waals surface area contributed by atoms with Gasteiger partial charge in [-0.3, -0.25) is 9.89 Å². The quantitative estimate of drug-likeness (QED) is 0.889. The van der Waals surface area contributed by atoms with Gasteiger partial charge in [-0.05, 0) is 41.6 Å². The van der Waals surface area contributed by atoms with Crippen LogP contribution in [0.25, 0.3) is 0 Å². The molecule has 2 aliphatic carbocycles. The van der Waals surface area contributed by atoms with Gasteiger partial charge in [-0.2, -0.15) is 0 Å². The lowest BCUT2D eigenvalue weighted by Crippen LogP contribution is -2.24. The third kappa shape index (κ3) is 1.77. The number of aromatic amines is 1. The van der Waals surface area contributed by atoms with Crippen LogP contribution in [0.3, 0.4) is 0 Å². The second kappa shape index (κ2) is 4.06. The fraction of sp³-hybridized carbons (Fsp3) is 0.750. The van der Waals surface area contributed by atoms with E-state index in [9.17, 15) is 4.79 Å². The minimum atomic E-state index is 0.147. The zero-order valence-corrected chi connectivity index (χ0v) is 10.9. The van der Waals surface area contributed by atoms with Crippen molar-refractivity contribution >= 4 is 15.9 Å². The Labute approximate surface area is 103 Å². The Morgan fingerprint density at radius 3 is 2.44 bits per heavy atom. The van der Waals surface area contributed by atoms with Crippen molar-refractivity contribution in [3.05, 3.63) is 20.5 Å². The van der Waals surface area contributed by atoms with E-state index in [0.29, 0.717) is 12.0 Å². The summed E-state index contributed by atoms with van der Waals surface area (Å²) in [6, 6.07) is 0.407. The Balaban J connectivity index is 1.93. The van der Waals surface area contributed by atoms with Crippen LogP contribution in [-0.2, 0) is 0 Å². The summed E-state index contributed by atoms with van der Waals surface area (Å²) >= 11 is 3.44. The van der Waals surface area contributed by atoms with Crippen LogP contribution in [-0.4, -0.2) is 9.78 Å². The van der Waals surface area contributed by atoms with Gasteiger partial charge in [-0.1, -0.05) is 19.3 Å². The minimum absolute atomic E-state index is 0.147. The Bertz CT molecular complexity index is 438. The van der Waals surface area contributed by atoms with Crippen LogP contribution in [0.4, 0.5) is 0 Å². The van der Waals surface area contributed by atoms with Crippen molar-refractivity contribution in [2.45, 2.75) is 56.9 Å². The van der Waals surface area contributed by atoms with E-state index in [0.717, 1.165) is 23.0 Å². The van der Waals surface area contributed by atoms with E-state index in [1.165, 1.54) is 32.1 Å². The number of halogens is 1. The monoisotopic (exact) mass is 284 g/mol. The zero-order chi connectivity index (χ0) is 11.1. The van der Waals surface area contributed by atoms with E-state index in [-0.39, 0.29) is 5.56 Å². The van der Waals surface area contributed by atoms with Crippen molar-refractivity contribution in [3.8, 4) is 0 Å². The Morgan fingerprint density at radius 1 is 1.12 bits per heavy atom. The molecular formula is C12H17BrN2O. The highest BCUT2D eigenvalue weighted by Gasteiger charge is 2.30. The molecule has 1 aromatic heterocycles. The molecule has 2 aliphatic rings. The number of hydrogen-bond donors (Lipinski definition) is 1. The highest BCUT2D eigenvalue weighted by Crippen LogP contribution is 2.41. The average Bonchev–Trinajstić information content (AvgIpc) is 3.10. The molecule has 1 aromatic rings. The Morgan fingerprint density at radius 2 is 1.81 bits per heavy atom. The van der Waals surface area contributed by atoms with E-state index >= 15 is 0 Å². The van der Waals surface area contributed by atoms with Gasteiger partial charge in [-0.25, -0.2) is 4.68 Å². The van der Waals surface area contributed by atoms with Crippen LogP contribution in [0, 0.1) is 0 Å². The van der Waals surface area contributed by atoms with E-state index in [2.05, 4.69) is 21.0 Å². The molecule has 3 nitrogen and oxygen atoms in total. The summed E-state index contributed by atoms with van der Waals surface area (Å²) in [6.07, 6.45) is 8.59. The molecule has 0 radical (unpaired) electrons. The normalized spacial score (nSPS) is 22.6. The number of aromatic nitrogens is 2. The summed E-state index contributed by atoms with van der Waals surface area (Å²) in [7, 11) is 0. The molecule has 2 saturated carbocycles. The molecule has 0 bridgehead atoms. The molecule has 0 amide bonds. The molecule has 0 atom stereocenters. The van der Waals surface area contributed by atoms with Crippen LogP contribution in [0.1, 0.15) is 62.6 Å². The van der Waals surface area contributed by atoms with Gasteiger partial charge in [-0.15, -0.1) is 0 Å². The van der Waals surface area contributed by atoms with Crippen molar-refractivity contribution in [3.63, 3.8) is 0 Å². The van der Waals surface area contributed by atoms with Crippen molar-refractivity contribution in [2.75, 3.05) is 0 Å². The molecule has 1 heterocycles. The van der Waals surface area contributed by atoms with Crippen LogP contribution < -0.4 is 5.56 Å². The van der Waals surface area contributed by atoms with Crippen molar-refractivity contribution in [2.24, 2.45) is 0 Å². The van der Waals surface area contributed by atoms with Gasteiger partial charge in [0, 0.05) is 5.92 Å².